The lowest BCUT2D eigenvalue weighted by Crippen LogP contribution is -2.61. The number of carbonyl (C=O) groups excluding carboxylic acids is 1. The summed E-state index contributed by atoms with van der Waals surface area (Å²) in [6, 6.07) is 7.25. The third-order valence-corrected chi connectivity index (χ3v) is 2.75. The highest BCUT2D eigenvalue weighted by molar-refractivity contribution is 5.87. The summed E-state index contributed by atoms with van der Waals surface area (Å²) in [6.07, 6.45) is -4.87. The summed E-state index contributed by atoms with van der Waals surface area (Å²) in [7, 11) is 0. The van der Waals surface area contributed by atoms with Crippen LogP contribution in [0.2, 0.25) is 0 Å². The van der Waals surface area contributed by atoms with Gasteiger partial charge < -0.3 is 16.2 Å². The summed E-state index contributed by atoms with van der Waals surface area (Å²) in [5.41, 5.74) is 2.49. The van der Waals surface area contributed by atoms with Gasteiger partial charge >= 0.3 is 6.18 Å². The Morgan fingerprint density at radius 3 is 2.32 bits per heavy atom. The van der Waals surface area contributed by atoms with E-state index >= 15 is 0 Å². The van der Waals surface area contributed by atoms with Crippen LogP contribution in [-0.2, 0) is 4.79 Å². The lowest BCUT2D eigenvalue weighted by molar-refractivity contribution is -0.188. The highest BCUT2D eigenvalue weighted by Gasteiger charge is 2.54. The summed E-state index contributed by atoms with van der Waals surface area (Å²) in [4.78, 5) is 11.6. The maximum Gasteiger partial charge on any atom is 0.415 e. The molecule has 1 rings (SSSR count). The number of nitrogens with two attached hydrogens (primary N) is 1. The Bertz CT molecular complexity index is 432. The van der Waals surface area contributed by atoms with Crippen molar-refractivity contribution in [3.8, 4) is 0 Å². The van der Waals surface area contributed by atoms with Gasteiger partial charge in [-0.2, -0.15) is 13.2 Å². The van der Waals surface area contributed by atoms with Gasteiger partial charge in [0.25, 0.3) is 0 Å². The largest absolute Gasteiger partial charge is 0.415 e. The van der Waals surface area contributed by atoms with Crippen LogP contribution in [0.4, 0.5) is 13.2 Å². The zero-order chi connectivity index (χ0) is 14.7. The Balaban J connectivity index is 2.86. The number of halogens is 3. The summed E-state index contributed by atoms with van der Waals surface area (Å²) < 4.78 is 37.8. The SMILES string of the molecule is CC(N)(C(=O)N[C@@H](CO)c1ccccc1)C(F)(F)F. The molecule has 0 saturated heterocycles. The molecule has 0 aliphatic carbocycles. The fourth-order valence-corrected chi connectivity index (χ4v) is 1.36. The Morgan fingerprint density at radius 2 is 1.89 bits per heavy atom. The molecule has 2 atom stereocenters. The van der Waals surface area contributed by atoms with Crippen LogP contribution in [0.15, 0.2) is 30.3 Å². The molecule has 1 aromatic rings. The number of rotatable bonds is 4. The first kappa shape index (κ1) is 15.5. The van der Waals surface area contributed by atoms with Gasteiger partial charge in [-0.1, -0.05) is 30.3 Å². The molecule has 0 fully saturated rings. The van der Waals surface area contributed by atoms with Gasteiger partial charge in [-0.25, -0.2) is 0 Å². The van der Waals surface area contributed by atoms with E-state index in [-0.39, 0.29) is 0 Å². The van der Waals surface area contributed by atoms with Gasteiger partial charge in [0.05, 0.1) is 12.6 Å². The molecule has 0 heterocycles. The summed E-state index contributed by atoms with van der Waals surface area (Å²) in [5, 5.41) is 11.3. The average Bonchev–Trinajstić information content (AvgIpc) is 2.35. The molecule has 7 heteroatoms. The van der Waals surface area contributed by atoms with Crippen LogP contribution in [0.5, 0.6) is 0 Å². The van der Waals surface area contributed by atoms with Crippen molar-refractivity contribution in [1.82, 2.24) is 5.32 Å². The molecule has 106 valence electrons. The van der Waals surface area contributed by atoms with E-state index in [9.17, 15) is 18.0 Å². The van der Waals surface area contributed by atoms with Gasteiger partial charge in [-0.3, -0.25) is 4.79 Å². The number of aliphatic hydroxyl groups excluding tert-OH is 1. The first-order valence-corrected chi connectivity index (χ1v) is 5.52. The van der Waals surface area contributed by atoms with Gasteiger partial charge in [-0.05, 0) is 12.5 Å². The van der Waals surface area contributed by atoms with Crippen LogP contribution in [0.3, 0.4) is 0 Å². The highest BCUT2D eigenvalue weighted by Crippen LogP contribution is 2.28. The minimum atomic E-state index is -4.87. The van der Waals surface area contributed by atoms with E-state index in [4.69, 9.17) is 10.8 Å². The van der Waals surface area contributed by atoms with Crippen molar-refractivity contribution in [2.24, 2.45) is 5.73 Å². The number of amides is 1. The molecular formula is C12H15F3N2O2. The first-order valence-electron chi connectivity index (χ1n) is 5.52. The minimum Gasteiger partial charge on any atom is -0.394 e. The molecule has 0 saturated carbocycles. The van der Waals surface area contributed by atoms with Crippen LogP contribution >= 0.6 is 0 Å². The van der Waals surface area contributed by atoms with Crippen LogP contribution < -0.4 is 11.1 Å². The predicted octanol–water partition coefficient (Wildman–Crippen LogP) is 1.12. The van der Waals surface area contributed by atoms with E-state index in [1.807, 2.05) is 0 Å². The molecule has 0 aliphatic rings. The molecular weight excluding hydrogens is 261 g/mol. The topological polar surface area (TPSA) is 75.4 Å². The van der Waals surface area contributed by atoms with E-state index in [2.05, 4.69) is 5.32 Å². The monoisotopic (exact) mass is 276 g/mol. The molecule has 0 aromatic heterocycles. The Hall–Kier alpha value is -1.60. The van der Waals surface area contributed by atoms with E-state index in [0.717, 1.165) is 0 Å². The third kappa shape index (κ3) is 3.45. The summed E-state index contributed by atoms with van der Waals surface area (Å²) in [6.45, 7) is 0.0610. The fourth-order valence-electron chi connectivity index (χ4n) is 1.36. The second-order valence-corrected chi connectivity index (χ2v) is 4.32. The third-order valence-electron chi connectivity index (χ3n) is 2.75. The summed E-state index contributed by atoms with van der Waals surface area (Å²) in [5.74, 6) is -1.39. The van der Waals surface area contributed by atoms with E-state index < -0.39 is 30.3 Å². The predicted molar refractivity (Wildman–Crippen MR) is 63.1 cm³/mol. The Morgan fingerprint density at radius 1 is 1.37 bits per heavy atom. The summed E-state index contributed by atoms with van der Waals surface area (Å²) >= 11 is 0. The van der Waals surface area contributed by atoms with E-state index in [0.29, 0.717) is 12.5 Å². The molecule has 4 N–H and O–H groups in total. The normalized spacial score (nSPS) is 16.5. The van der Waals surface area contributed by atoms with Crippen molar-refractivity contribution in [3.05, 3.63) is 35.9 Å². The second-order valence-electron chi connectivity index (χ2n) is 4.32. The lowest BCUT2D eigenvalue weighted by atomic mass is 10.0. The van der Waals surface area contributed by atoms with Crippen LogP contribution in [-0.4, -0.2) is 29.3 Å². The molecule has 0 bridgehead atoms. The van der Waals surface area contributed by atoms with Crippen LogP contribution in [0, 0.1) is 0 Å². The smallest absolute Gasteiger partial charge is 0.394 e. The van der Waals surface area contributed by atoms with Crippen LogP contribution in [0.1, 0.15) is 18.5 Å². The molecule has 0 radical (unpaired) electrons. The first-order chi connectivity index (χ1) is 8.70. The van der Waals surface area contributed by atoms with Crippen molar-refractivity contribution in [1.29, 1.82) is 0 Å². The van der Waals surface area contributed by atoms with Gasteiger partial charge in [0.2, 0.25) is 5.91 Å². The van der Waals surface area contributed by atoms with Gasteiger partial charge in [-0.15, -0.1) is 0 Å². The maximum atomic E-state index is 12.6. The van der Waals surface area contributed by atoms with E-state index in [1.165, 1.54) is 0 Å². The lowest BCUT2D eigenvalue weighted by Gasteiger charge is -2.28. The van der Waals surface area contributed by atoms with Crippen LogP contribution in [0.25, 0.3) is 0 Å². The zero-order valence-corrected chi connectivity index (χ0v) is 10.2. The highest BCUT2D eigenvalue weighted by atomic mass is 19.4. The van der Waals surface area contributed by atoms with Crippen molar-refractivity contribution >= 4 is 5.91 Å². The molecule has 19 heavy (non-hydrogen) atoms. The van der Waals surface area contributed by atoms with Crippen molar-refractivity contribution in [2.45, 2.75) is 24.7 Å². The quantitative estimate of drug-likeness (QED) is 0.771. The molecule has 0 spiro atoms. The maximum absolute atomic E-state index is 12.6. The number of carbonyl (C=O) groups is 1. The molecule has 1 aromatic carbocycles. The van der Waals surface area contributed by atoms with Crippen molar-refractivity contribution in [2.75, 3.05) is 6.61 Å². The molecule has 1 unspecified atom stereocenters. The zero-order valence-electron chi connectivity index (χ0n) is 10.2. The second kappa shape index (κ2) is 5.58. The minimum absolute atomic E-state index is 0.497. The Kier molecular flexibility index (Phi) is 4.54. The van der Waals surface area contributed by atoms with Crippen molar-refractivity contribution in [3.63, 3.8) is 0 Å². The van der Waals surface area contributed by atoms with Gasteiger partial charge in [0.15, 0.2) is 5.54 Å². The molecule has 4 nitrogen and oxygen atoms in total. The fraction of sp³-hybridized carbons (Fsp3) is 0.417. The van der Waals surface area contributed by atoms with E-state index in [1.54, 1.807) is 30.3 Å². The van der Waals surface area contributed by atoms with Crippen molar-refractivity contribution < 1.29 is 23.1 Å². The number of aliphatic hydroxyl groups is 1. The number of alkyl halides is 3. The Labute approximate surface area is 108 Å². The molecule has 0 aliphatic heterocycles. The number of benzene rings is 1. The standard InChI is InChI=1S/C12H15F3N2O2/c1-11(16,12(13,14)15)10(19)17-9(7-18)8-5-3-2-4-6-8/h2-6,9,18H,7,16H2,1H3,(H,17,19)/t9-,11?/m0/s1. The molecule has 1 amide bonds. The average molecular weight is 276 g/mol. The number of hydrogen-bond donors (Lipinski definition) is 3. The number of nitrogens with one attached hydrogen (secondary N) is 1. The van der Waals surface area contributed by atoms with Gasteiger partial charge in [0, 0.05) is 0 Å². The number of hydrogen-bond acceptors (Lipinski definition) is 3. The van der Waals surface area contributed by atoms with Gasteiger partial charge in [0.1, 0.15) is 0 Å².